The first-order valence-electron chi connectivity index (χ1n) is 9.11. The Kier molecular flexibility index (Phi) is 5.56. The number of benzene rings is 1. The lowest BCUT2D eigenvalue weighted by Gasteiger charge is -2.33. The van der Waals surface area contributed by atoms with Gasteiger partial charge in [0.05, 0.1) is 5.56 Å². The Bertz CT molecular complexity index is 836. The van der Waals surface area contributed by atoms with Crippen LogP contribution in [0.25, 0.3) is 0 Å². The van der Waals surface area contributed by atoms with E-state index >= 15 is 0 Å². The highest BCUT2D eigenvalue weighted by Crippen LogP contribution is 2.44. The molecule has 1 aliphatic carbocycles. The van der Waals surface area contributed by atoms with Crippen molar-refractivity contribution in [1.82, 2.24) is 0 Å². The van der Waals surface area contributed by atoms with E-state index in [0.29, 0.717) is 10.9 Å². The number of carbonyl (C=O) groups is 2. The summed E-state index contributed by atoms with van der Waals surface area (Å²) in [5.41, 5.74) is 2.14. The summed E-state index contributed by atoms with van der Waals surface area (Å²) >= 11 is 1.37. The number of carbonyl (C=O) groups excluding carboxylic acids is 1. The Labute approximate surface area is 163 Å². The van der Waals surface area contributed by atoms with Crippen LogP contribution < -0.4 is 5.32 Å². The molecule has 2 N–H and O–H groups in total. The first-order valence-corrected chi connectivity index (χ1v) is 9.93. The molecule has 0 saturated carbocycles. The molecular formula is C21H25NO4S. The van der Waals surface area contributed by atoms with Crippen LogP contribution >= 0.6 is 11.3 Å². The molecule has 0 aliphatic heterocycles. The van der Waals surface area contributed by atoms with Crippen LogP contribution in [0.3, 0.4) is 0 Å². The molecule has 144 valence electrons. The molecular weight excluding hydrogens is 362 g/mol. The zero-order valence-corrected chi connectivity index (χ0v) is 16.7. The lowest BCUT2D eigenvalue weighted by Crippen LogP contribution is -2.26. The zero-order chi connectivity index (χ0) is 19.6. The van der Waals surface area contributed by atoms with Crippen molar-refractivity contribution in [3.63, 3.8) is 0 Å². The highest BCUT2D eigenvalue weighted by atomic mass is 32.1. The number of fused-ring (bicyclic) bond motifs is 1. The maximum atomic E-state index is 12.2. The number of carboxylic acid groups (broad SMARTS) is 1. The van der Waals surface area contributed by atoms with E-state index in [1.807, 2.05) is 30.3 Å². The maximum absolute atomic E-state index is 12.2. The molecule has 1 aliphatic rings. The SMILES string of the molecule is CC(C)(C)C1CCc2c(sc(NC(=O)OCc3ccccc3)c2C(=O)O)C1. The van der Waals surface area contributed by atoms with Crippen LogP contribution in [-0.4, -0.2) is 17.2 Å². The van der Waals surface area contributed by atoms with E-state index in [0.717, 1.165) is 35.3 Å². The van der Waals surface area contributed by atoms with Crippen molar-refractivity contribution in [2.45, 2.75) is 46.6 Å². The van der Waals surface area contributed by atoms with E-state index in [2.05, 4.69) is 26.1 Å². The first kappa shape index (κ1) is 19.4. The van der Waals surface area contributed by atoms with Crippen LogP contribution in [0.2, 0.25) is 0 Å². The van der Waals surface area contributed by atoms with Gasteiger partial charge in [-0.15, -0.1) is 11.3 Å². The van der Waals surface area contributed by atoms with Crippen LogP contribution in [0.5, 0.6) is 0 Å². The molecule has 6 heteroatoms. The second-order valence-electron chi connectivity index (χ2n) is 8.01. The van der Waals surface area contributed by atoms with Crippen LogP contribution in [0.4, 0.5) is 9.80 Å². The molecule has 0 fully saturated rings. The van der Waals surface area contributed by atoms with Gasteiger partial charge < -0.3 is 9.84 Å². The van der Waals surface area contributed by atoms with Gasteiger partial charge in [0.25, 0.3) is 0 Å². The van der Waals surface area contributed by atoms with Crippen molar-refractivity contribution in [1.29, 1.82) is 0 Å². The summed E-state index contributed by atoms with van der Waals surface area (Å²) in [5.74, 6) is -0.497. The minimum absolute atomic E-state index is 0.145. The third-order valence-electron chi connectivity index (χ3n) is 5.13. The standard InChI is InChI=1S/C21H25NO4S/c1-21(2,3)14-9-10-15-16(11-14)27-18(17(15)19(23)24)22-20(25)26-12-13-7-5-4-6-8-13/h4-8,14H,9-12H2,1-3H3,(H,22,25)(H,23,24). The fraction of sp³-hybridized carbons (Fsp3) is 0.429. The van der Waals surface area contributed by atoms with Gasteiger partial charge in [-0.25, -0.2) is 9.59 Å². The van der Waals surface area contributed by atoms with Crippen molar-refractivity contribution < 1.29 is 19.4 Å². The highest BCUT2D eigenvalue weighted by Gasteiger charge is 2.34. The Morgan fingerprint density at radius 3 is 2.59 bits per heavy atom. The quantitative estimate of drug-likeness (QED) is 0.742. The van der Waals surface area contributed by atoms with Gasteiger partial charge in [-0.2, -0.15) is 0 Å². The van der Waals surface area contributed by atoms with Crippen molar-refractivity contribution in [2.75, 3.05) is 5.32 Å². The number of nitrogens with one attached hydrogen (secondary N) is 1. The monoisotopic (exact) mass is 387 g/mol. The minimum Gasteiger partial charge on any atom is -0.478 e. The molecule has 1 amide bonds. The van der Waals surface area contributed by atoms with E-state index in [1.165, 1.54) is 11.3 Å². The molecule has 27 heavy (non-hydrogen) atoms. The zero-order valence-electron chi connectivity index (χ0n) is 15.9. The smallest absolute Gasteiger partial charge is 0.412 e. The van der Waals surface area contributed by atoms with Gasteiger partial charge >= 0.3 is 12.1 Å². The molecule has 0 saturated heterocycles. The highest BCUT2D eigenvalue weighted by molar-refractivity contribution is 7.17. The van der Waals surface area contributed by atoms with Gasteiger partial charge in [0.2, 0.25) is 0 Å². The van der Waals surface area contributed by atoms with Crippen molar-refractivity contribution in [2.24, 2.45) is 11.3 Å². The summed E-state index contributed by atoms with van der Waals surface area (Å²) < 4.78 is 5.24. The average Bonchev–Trinajstić information content (AvgIpc) is 2.97. The summed E-state index contributed by atoms with van der Waals surface area (Å²) in [6.45, 7) is 6.80. The third-order valence-corrected chi connectivity index (χ3v) is 6.30. The van der Waals surface area contributed by atoms with Crippen molar-refractivity contribution in [3.05, 3.63) is 51.9 Å². The first-order chi connectivity index (χ1) is 12.8. The number of aromatic carboxylic acids is 1. The molecule has 0 spiro atoms. The normalized spacial score (nSPS) is 16.5. The molecule has 0 bridgehead atoms. The van der Waals surface area contributed by atoms with E-state index < -0.39 is 12.1 Å². The van der Waals surface area contributed by atoms with Crippen LogP contribution in [0.15, 0.2) is 30.3 Å². The molecule has 5 nitrogen and oxygen atoms in total. The summed E-state index contributed by atoms with van der Waals surface area (Å²) in [6, 6.07) is 9.37. The van der Waals surface area contributed by atoms with Crippen molar-refractivity contribution >= 4 is 28.4 Å². The number of rotatable bonds is 4. The Balaban J connectivity index is 1.75. The second-order valence-corrected chi connectivity index (χ2v) is 9.11. The number of carboxylic acids is 1. The molecule has 1 unspecified atom stereocenters. The summed E-state index contributed by atoms with van der Waals surface area (Å²) in [5, 5.41) is 12.7. The minimum atomic E-state index is -1.000. The van der Waals surface area contributed by atoms with Crippen molar-refractivity contribution in [3.8, 4) is 0 Å². The van der Waals surface area contributed by atoms with Gasteiger partial charge in [-0.3, -0.25) is 5.32 Å². The fourth-order valence-corrected chi connectivity index (χ4v) is 4.80. The van der Waals surface area contributed by atoms with E-state index in [1.54, 1.807) is 0 Å². The second kappa shape index (κ2) is 7.72. The molecule has 1 aromatic carbocycles. The number of thiophene rings is 1. The Morgan fingerprint density at radius 2 is 1.96 bits per heavy atom. The third kappa shape index (κ3) is 4.50. The molecule has 2 aromatic rings. The largest absolute Gasteiger partial charge is 0.478 e. The van der Waals surface area contributed by atoms with E-state index in [4.69, 9.17) is 4.74 Å². The lowest BCUT2D eigenvalue weighted by atomic mass is 9.72. The van der Waals surface area contributed by atoms with Crippen LogP contribution in [-0.2, 0) is 24.2 Å². The van der Waals surface area contributed by atoms with Gasteiger partial charge in [0, 0.05) is 4.88 Å². The summed E-state index contributed by atoms with van der Waals surface area (Å²) in [7, 11) is 0. The number of amides is 1. The van der Waals surface area contributed by atoms with Gasteiger partial charge in [0.1, 0.15) is 11.6 Å². The fourth-order valence-electron chi connectivity index (χ4n) is 3.49. The average molecular weight is 388 g/mol. The summed E-state index contributed by atoms with van der Waals surface area (Å²) in [4.78, 5) is 25.1. The van der Waals surface area contributed by atoms with Crippen LogP contribution in [0.1, 0.15) is 53.6 Å². The summed E-state index contributed by atoms with van der Waals surface area (Å²) in [6.07, 6.45) is 1.92. The lowest BCUT2D eigenvalue weighted by molar-refractivity contribution is 0.0696. The maximum Gasteiger partial charge on any atom is 0.412 e. The molecule has 3 rings (SSSR count). The van der Waals surface area contributed by atoms with E-state index in [-0.39, 0.29) is 17.6 Å². The molecule has 0 radical (unpaired) electrons. The van der Waals surface area contributed by atoms with E-state index in [9.17, 15) is 14.7 Å². The molecule has 1 heterocycles. The molecule has 1 aromatic heterocycles. The predicted molar refractivity (Wildman–Crippen MR) is 106 cm³/mol. The Morgan fingerprint density at radius 1 is 1.26 bits per heavy atom. The van der Waals surface area contributed by atoms with Gasteiger partial charge in [-0.05, 0) is 41.7 Å². The number of hydrogen-bond acceptors (Lipinski definition) is 4. The number of ether oxygens (including phenoxy) is 1. The number of anilines is 1. The molecule has 1 atom stereocenters. The number of hydrogen-bond donors (Lipinski definition) is 2. The van der Waals surface area contributed by atoms with Gasteiger partial charge in [0.15, 0.2) is 0 Å². The van der Waals surface area contributed by atoms with Crippen LogP contribution in [0, 0.1) is 11.3 Å². The van der Waals surface area contributed by atoms with Gasteiger partial charge in [-0.1, -0.05) is 51.1 Å². The Hall–Kier alpha value is -2.34. The topological polar surface area (TPSA) is 75.6 Å². The predicted octanol–water partition coefficient (Wildman–Crippen LogP) is 5.35.